The second kappa shape index (κ2) is 6.35. The molecule has 1 saturated heterocycles. The Morgan fingerprint density at radius 2 is 1.89 bits per heavy atom. The summed E-state index contributed by atoms with van der Waals surface area (Å²) < 4.78 is 42.5. The lowest BCUT2D eigenvalue weighted by molar-refractivity contribution is -0.274. The molecule has 1 aliphatic rings. The number of aliphatic hydroxyl groups is 1. The molecule has 0 aliphatic carbocycles. The summed E-state index contributed by atoms with van der Waals surface area (Å²) in [6.45, 7) is 2.89. The molecule has 4 rings (SSSR count). The van der Waals surface area contributed by atoms with E-state index < -0.39 is 12.0 Å². The van der Waals surface area contributed by atoms with Crippen molar-refractivity contribution in [2.24, 2.45) is 5.73 Å². The lowest BCUT2D eigenvalue weighted by Gasteiger charge is -2.46. The van der Waals surface area contributed by atoms with Crippen LogP contribution in [0.2, 0.25) is 0 Å². The van der Waals surface area contributed by atoms with Gasteiger partial charge in [0.15, 0.2) is 5.65 Å². The number of β-amino-alcohol motifs (C(OH)–C–C–N with tert-alkyl or cyclic N) is 1. The molecule has 1 aliphatic heterocycles. The third-order valence-corrected chi connectivity index (χ3v) is 4.53. The van der Waals surface area contributed by atoms with Gasteiger partial charge in [-0.1, -0.05) is 0 Å². The van der Waals surface area contributed by atoms with Crippen molar-refractivity contribution in [3.8, 4) is 11.4 Å². The third-order valence-electron chi connectivity index (χ3n) is 4.53. The molecule has 2 aromatic heterocycles. The molecule has 3 N–H and O–H groups in total. The molecule has 148 valence electrons. The lowest BCUT2D eigenvalue weighted by Crippen LogP contribution is -2.60. The number of ether oxygens (including phenoxy) is 1. The highest BCUT2D eigenvalue weighted by Gasteiger charge is 2.38. The molecule has 0 bridgehead atoms. The molecular formula is C18H18F3N5O2. The molecular weight excluding hydrogens is 375 g/mol. The predicted octanol–water partition coefficient (Wildman–Crippen LogP) is 2.35. The number of nitrogens with zero attached hydrogens (tertiary/aromatic N) is 4. The molecule has 1 fully saturated rings. The van der Waals surface area contributed by atoms with Crippen molar-refractivity contribution in [1.82, 2.24) is 14.8 Å². The van der Waals surface area contributed by atoms with Crippen molar-refractivity contribution < 1.29 is 23.0 Å². The zero-order chi connectivity index (χ0) is 20.1. The second-order valence-corrected chi connectivity index (χ2v) is 6.99. The fourth-order valence-corrected chi connectivity index (χ4v) is 3.42. The van der Waals surface area contributed by atoms with Crippen molar-refractivity contribution in [3.05, 3.63) is 42.2 Å². The summed E-state index contributed by atoms with van der Waals surface area (Å²) in [7, 11) is 0. The molecule has 28 heavy (non-hydrogen) atoms. The number of alkyl halides is 3. The largest absolute Gasteiger partial charge is 0.573 e. The third kappa shape index (κ3) is 3.36. The SMILES string of the molecule is CC1(O)CN(c2ccnc3c2c(CN)nn3-c2ccc(OC(F)(F)F)cc2)C1. The topological polar surface area (TPSA) is 89.4 Å². The van der Waals surface area contributed by atoms with E-state index in [2.05, 4.69) is 14.8 Å². The molecule has 3 aromatic rings. The summed E-state index contributed by atoms with van der Waals surface area (Å²) in [5.41, 5.74) is 7.65. The van der Waals surface area contributed by atoms with Crippen LogP contribution in [0.4, 0.5) is 18.9 Å². The van der Waals surface area contributed by atoms with E-state index in [1.165, 1.54) is 28.9 Å². The van der Waals surface area contributed by atoms with E-state index in [-0.39, 0.29) is 12.3 Å². The maximum Gasteiger partial charge on any atom is 0.573 e. The summed E-state index contributed by atoms with van der Waals surface area (Å²) >= 11 is 0. The van der Waals surface area contributed by atoms with Crippen molar-refractivity contribution >= 4 is 16.7 Å². The summed E-state index contributed by atoms with van der Waals surface area (Å²) in [5, 5.41) is 15.3. The van der Waals surface area contributed by atoms with Gasteiger partial charge in [0.25, 0.3) is 0 Å². The zero-order valence-electron chi connectivity index (χ0n) is 14.9. The number of anilines is 1. The number of hydrogen-bond acceptors (Lipinski definition) is 6. The summed E-state index contributed by atoms with van der Waals surface area (Å²) in [5.74, 6) is -0.316. The van der Waals surface area contributed by atoms with Gasteiger partial charge < -0.3 is 20.5 Å². The number of aromatic nitrogens is 3. The second-order valence-electron chi connectivity index (χ2n) is 6.99. The maximum absolute atomic E-state index is 12.3. The standard InChI is InChI=1S/C18H18F3N5O2/c1-17(27)9-25(10-17)14-6-7-23-16-15(14)13(8-22)24-26(16)11-2-4-12(5-3-11)28-18(19,20)21/h2-7,27H,8-10,22H2,1H3. The molecule has 0 spiro atoms. The summed E-state index contributed by atoms with van der Waals surface area (Å²) in [6, 6.07) is 7.21. The van der Waals surface area contributed by atoms with Gasteiger partial charge in [0.1, 0.15) is 5.75 Å². The van der Waals surface area contributed by atoms with Gasteiger partial charge in [0.2, 0.25) is 0 Å². The number of hydrogen-bond donors (Lipinski definition) is 2. The van der Waals surface area contributed by atoms with Crippen LogP contribution in [-0.4, -0.2) is 44.9 Å². The average molecular weight is 393 g/mol. The minimum absolute atomic E-state index is 0.168. The summed E-state index contributed by atoms with van der Waals surface area (Å²) in [4.78, 5) is 6.40. The van der Waals surface area contributed by atoms with Crippen molar-refractivity contribution in [1.29, 1.82) is 0 Å². The van der Waals surface area contributed by atoms with Gasteiger partial charge in [-0.05, 0) is 37.3 Å². The van der Waals surface area contributed by atoms with Crippen LogP contribution < -0.4 is 15.4 Å². The van der Waals surface area contributed by atoms with Crippen LogP contribution in [0, 0.1) is 0 Å². The highest BCUT2D eigenvalue weighted by Crippen LogP contribution is 2.35. The predicted molar refractivity (Wildman–Crippen MR) is 96.3 cm³/mol. The number of pyridine rings is 1. The lowest BCUT2D eigenvalue weighted by atomic mass is 9.95. The van der Waals surface area contributed by atoms with Gasteiger partial charge in [0.05, 0.1) is 28.1 Å². The fourth-order valence-electron chi connectivity index (χ4n) is 3.42. The van der Waals surface area contributed by atoms with Gasteiger partial charge in [-0.2, -0.15) is 5.10 Å². The van der Waals surface area contributed by atoms with Crippen molar-refractivity contribution in [2.45, 2.75) is 25.4 Å². The highest BCUT2D eigenvalue weighted by molar-refractivity contribution is 5.93. The van der Waals surface area contributed by atoms with E-state index in [1.54, 1.807) is 13.1 Å². The quantitative estimate of drug-likeness (QED) is 0.707. The number of benzene rings is 1. The Labute approximate surface area is 158 Å². The Balaban J connectivity index is 1.74. The van der Waals surface area contributed by atoms with Crippen LogP contribution in [-0.2, 0) is 6.54 Å². The smallest absolute Gasteiger partial charge is 0.406 e. The Bertz CT molecular complexity index is 1010. The van der Waals surface area contributed by atoms with Crippen LogP contribution in [0.5, 0.6) is 5.75 Å². The first-order chi connectivity index (χ1) is 13.2. The fraction of sp³-hybridized carbons (Fsp3) is 0.333. The molecule has 10 heteroatoms. The molecule has 0 amide bonds. The first kappa shape index (κ1) is 18.5. The Kier molecular flexibility index (Phi) is 4.20. The van der Waals surface area contributed by atoms with E-state index in [9.17, 15) is 18.3 Å². The molecule has 1 aromatic carbocycles. The number of fused-ring (bicyclic) bond motifs is 1. The van der Waals surface area contributed by atoms with E-state index in [0.29, 0.717) is 30.1 Å². The van der Waals surface area contributed by atoms with Gasteiger partial charge in [-0.3, -0.25) is 0 Å². The van der Waals surface area contributed by atoms with Gasteiger partial charge >= 0.3 is 6.36 Å². The van der Waals surface area contributed by atoms with E-state index >= 15 is 0 Å². The maximum atomic E-state index is 12.3. The summed E-state index contributed by atoms with van der Waals surface area (Å²) in [6.07, 6.45) is -3.12. The minimum atomic E-state index is -4.75. The van der Waals surface area contributed by atoms with Crippen LogP contribution in [0.15, 0.2) is 36.5 Å². The van der Waals surface area contributed by atoms with Crippen molar-refractivity contribution in [2.75, 3.05) is 18.0 Å². The number of halogens is 3. The first-order valence-electron chi connectivity index (χ1n) is 8.57. The zero-order valence-corrected chi connectivity index (χ0v) is 14.9. The first-order valence-corrected chi connectivity index (χ1v) is 8.57. The highest BCUT2D eigenvalue weighted by atomic mass is 19.4. The number of nitrogens with two attached hydrogens (primary N) is 1. The molecule has 0 atom stereocenters. The molecule has 7 nitrogen and oxygen atoms in total. The Hall–Kier alpha value is -2.85. The van der Waals surface area contributed by atoms with E-state index in [4.69, 9.17) is 5.73 Å². The van der Waals surface area contributed by atoms with Crippen molar-refractivity contribution in [3.63, 3.8) is 0 Å². The van der Waals surface area contributed by atoms with Crippen LogP contribution in [0.25, 0.3) is 16.7 Å². The van der Waals surface area contributed by atoms with Crippen LogP contribution >= 0.6 is 0 Å². The average Bonchev–Trinajstić information content (AvgIpc) is 2.98. The van der Waals surface area contributed by atoms with Gasteiger partial charge in [-0.15, -0.1) is 13.2 Å². The monoisotopic (exact) mass is 393 g/mol. The Morgan fingerprint density at radius 3 is 2.46 bits per heavy atom. The molecule has 3 heterocycles. The molecule has 0 saturated carbocycles. The normalized spacial score (nSPS) is 16.3. The van der Waals surface area contributed by atoms with Gasteiger partial charge in [-0.25, -0.2) is 9.67 Å². The molecule has 0 unspecified atom stereocenters. The minimum Gasteiger partial charge on any atom is -0.406 e. The van der Waals surface area contributed by atoms with Crippen LogP contribution in [0.1, 0.15) is 12.6 Å². The molecule has 0 radical (unpaired) electrons. The number of rotatable bonds is 4. The van der Waals surface area contributed by atoms with E-state index in [1.807, 2.05) is 11.0 Å². The Morgan fingerprint density at radius 1 is 1.21 bits per heavy atom. The van der Waals surface area contributed by atoms with Gasteiger partial charge in [0, 0.05) is 25.8 Å². The van der Waals surface area contributed by atoms with E-state index in [0.717, 1.165) is 11.1 Å². The van der Waals surface area contributed by atoms with Crippen LogP contribution in [0.3, 0.4) is 0 Å².